The third kappa shape index (κ3) is 3.58. The topological polar surface area (TPSA) is 118 Å². The average Bonchev–Trinajstić information content (AvgIpc) is 2.39. The van der Waals surface area contributed by atoms with Crippen LogP contribution in [0.15, 0.2) is 18.5 Å². The van der Waals surface area contributed by atoms with Crippen LogP contribution in [0.2, 0.25) is 0 Å². The predicted molar refractivity (Wildman–Crippen MR) is 75.0 cm³/mol. The zero-order chi connectivity index (χ0) is 14.5. The number of rotatable bonds is 3. The van der Waals surface area contributed by atoms with Gasteiger partial charge in [0.1, 0.15) is 0 Å². The molecule has 0 aliphatic carbocycles. The summed E-state index contributed by atoms with van der Waals surface area (Å²) in [6.45, 7) is 3.13. The predicted octanol–water partition coefficient (Wildman–Crippen LogP) is -1.02. The van der Waals surface area contributed by atoms with E-state index >= 15 is 0 Å². The highest BCUT2D eigenvalue weighted by Crippen LogP contribution is 2.22. The Labute approximate surface area is 116 Å². The molecular weight excluding hydrogens is 260 g/mol. The fourth-order valence-electron chi connectivity index (χ4n) is 2.21. The van der Waals surface area contributed by atoms with Crippen LogP contribution >= 0.6 is 0 Å². The zero-order valence-electron chi connectivity index (χ0n) is 11.1. The van der Waals surface area contributed by atoms with E-state index in [1.807, 2.05) is 11.0 Å². The molecule has 0 unspecified atom stereocenters. The number of pyridine rings is 1. The Morgan fingerprint density at radius 2 is 2.00 bits per heavy atom. The number of carbonyl (C=O) groups excluding carboxylic acids is 2. The number of nitrogens with zero attached hydrogens (tertiary/aromatic N) is 3. The fourth-order valence-corrected chi connectivity index (χ4v) is 2.21. The number of nitrogens with one attached hydrogen (secondary N) is 1. The number of amides is 3. The van der Waals surface area contributed by atoms with Gasteiger partial charge in [-0.1, -0.05) is 0 Å². The van der Waals surface area contributed by atoms with E-state index in [0.29, 0.717) is 18.8 Å². The SMILES string of the molecule is NC(=O)NC(=O)CN1CCN(c2ccncc2N)CC1. The minimum Gasteiger partial charge on any atom is -0.396 e. The maximum absolute atomic E-state index is 11.4. The summed E-state index contributed by atoms with van der Waals surface area (Å²) in [6, 6.07) is 1.06. The van der Waals surface area contributed by atoms with E-state index in [1.54, 1.807) is 12.4 Å². The summed E-state index contributed by atoms with van der Waals surface area (Å²) in [7, 11) is 0. The van der Waals surface area contributed by atoms with Gasteiger partial charge in [0.15, 0.2) is 0 Å². The number of carbonyl (C=O) groups is 2. The van der Waals surface area contributed by atoms with E-state index in [0.717, 1.165) is 18.8 Å². The largest absolute Gasteiger partial charge is 0.396 e. The second kappa shape index (κ2) is 6.20. The van der Waals surface area contributed by atoms with Crippen LogP contribution in [0.1, 0.15) is 0 Å². The van der Waals surface area contributed by atoms with Gasteiger partial charge in [0.2, 0.25) is 5.91 Å². The Bertz CT molecular complexity index is 498. The molecule has 108 valence electrons. The average molecular weight is 278 g/mol. The molecule has 0 atom stereocenters. The number of piperazine rings is 1. The molecule has 8 nitrogen and oxygen atoms in total. The van der Waals surface area contributed by atoms with E-state index in [2.05, 4.69) is 15.2 Å². The number of nitrogen functional groups attached to an aromatic ring is 1. The van der Waals surface area contributed by atoms with Crippen LogP contribution in [0, 0.1) is 0 Å². The molecule has 0 aromatic carbocycles. The lowest BCUT2D eigenvalue weighted by Gasteiger charge is -2.36. The van der Waals surface area contributed by atoms with Crippen molar-refractivity contribution in [2.75, 3.05) is 43.4 Å². The van der Waals surface area contributed by atoms with E-state index in [-0.39, 0.29) is 12.5 Å². The first-order valence-electron chi connectivity index (χ1n) is 6.32. The summed E-state index contributed by atoms with van der Waals surface area (Å²) in [5, 5.41) is 2.06. The maximum Gasteiger partial charge on any atom is 0.318 e. The molecule has 0 saturated carbocycles. The highest BCUT2D eigenvalue weighted by atomic mass is 16.2. The number of anilines is 2. The van der Waals surface area contributed by atoms with Crippen molar-refractivity contribution in [2.24, 2.45) is 5.73 Å². The lowest BCUT2D eigenvalue weighted by atomic mass is 10.2. The van der Waals surface area contributed by atoms with Gasteiger partial charge in [0.05, 0.1) is 24.1 Å². The summed E-state index contributed by atoms with van der Waals surface area (Å²) in [6.07, 6.45) is 3.33. The second-order valence-corrected chi connectivity index (χ2v) is 4.61. The van der Waals surface area contributed by atoms with Crippen LogP contribution in [0.5, 0.6) is 0 Å². The molecule has 0 bridgehead atoms. The molecule has 1 saturated heterocycles. The standard InChI is InChI=1S/C12H18N6O2/c13-9-7-15-2-1-10(9)18-5-3-17(4-6-18)8-11(19)16-12(14)20/h1-2,7H,3-6,8,13H2,(H3,14,16,19,20). The smallest absolute Gasteiger partial charge is 0.318 e. The van der Waals surface area contributed by atoms with Gasteiger partial charge < -0.3 is 16.4 Å². The number of hydrogen-bond donors (Lipinski definition) is 3. The molecule has 2 heterocycles. The molecule has 2 rings (SSSR count). The minimum absolute atomic E-state index is 0.169. The first-order valence-corrected chi connectivity index (χ1v) is 6.32. The first kappa shape index (κ1) is 14.1. The molecule has 0 radical (unpaired) electrons. The van der Waals surface area contributed by atoms with Crippen molar-refractivity contribution in [1.82, 2.24) is 15.2 Å². The van der Waals surface area contributed by atoms with Gasteiger partial charge in [-0.25, -0.2) is 4.79 Å². The van der Waals surface area contributed by atoms with Gasteiger partial charge in [0.25, 0.3) is 0 Å². The fraction of sp³-hybridized carbons (Fsp3) is 0.417. The number of hydrogen-bond acceptors (Lipinski definition) is 6. The van der Waals surface area contributed by atoms with Crippen LogP contribution in [0.4, 0.5) is 16.2 Å². The molecule has 0 spiro atoms. The molecule has 1 aromatic heterocycles. The molecule has 20 heavy (non-hydrogen) atoms. The number of imide groups is 1. The lowest BCUT2D eigenvalue weighted by molar-refractivity contribution is -0.121. The highest BCUT2D eigenvalue weighted by molar-refractivity contribution is 5.94. The summed E-state index contributed by atoms with van der Waals surface area (Å²) in [5.74, 6) is -0.380. The third-order valence-electron chi connectivity index (χ3n) is 3.17. The molecule has 1 fully saturated rings. The van der Waals surface area contributed by atoms with Crippen molar-refractivity contribution in [1.29, 1.82) is 0 Å². The van der Waals surface area contributed by atoms with E-state index < -0.39 is 6.03 Å². The second-order valence-electron chi connectivity index (χ2n) is 4.61. The molecule has 1 aliphatic rings. The summed E-state index contributed by atoms with van der Waals surface area (Å²) < 4.78 is 0. The van der Waals surface area contributed by atoms with Gasteiger partial charge in [0, 0.05) is 32.4 Å². The van der Waals surface area contributed by atoms with Gasteiger partial charge in [-0.2, -0.15) is 0 Å². The molecule has 1 aliphatic heterocycles. The maximum atomic E-state index is 11.4. The van der Waals surface area contributed by atoms with Crippen LogP contribution in [-0.4, -0.2) is 54.5 Å². The normalized spacial score (nSPS) is 15.9. The van der Waals surface area contributed by atoms with Crippen LogP contribution in [0.3, 0.4) is 0 Å². The van der Waals surface area contributed by atoms with Crippen molar-refractivity contribution in [3.63, 3.8) is 0 Å². The van der Waals surface area contributed by atoms with E-state index in [9.17, 15) is 9.59 Å². The van der Waals surface area contributed by atoms with Crippen molar-refractivity contribution in [2.45, 2.75) is 0 Å². The molecule has 1 aromatic rings. The van der Waals surface area contributed by atoms with Crippen LogP contribution in [0.25, 0.3) is 0 Å². The Hall–Kier alpha value is -2.35. The van der Waals surface area contributed by atoms with Crippen LogP contribution in [-0.2, 0) is 4.79 Å². The van der Waals surface area contributed by atoms with Gasteiger partial charge in [-0.15, -0.1) is 0 Å². The monoisotopic (exact) mass is 278 g/mol. The van der Waals surface area contributed by atoms with E-state index in [4.69, 9.17) is 11.5 Å². The third-order valence-corrected chi connectivity index (χ3v) is 3.17. The Kier molecular flexibility index (Phi) is 4.36. The summed E-state index contributed by atoms with van der Waals surface area (Å²) >= 11 is 0. The summed E-state index contributed by atoms with van der Waals surface area (Å²) in [4.78, 5) is 30.1. The quantitative estimate of drug-likeness (QED) is 0.651. The Balaban J connectivity index is 1.85. The van der Waals surface area contributed by atoms with Crippen LogP contribution < -0.4 is 21.7 Å². The first-order chi connectivity index (χ1) is 9.56. The minimum atomic E-state index is -0.821. The Morgan fingerprint density at radius 3 is 2.60 bits per heavy atom. The Morgan fingerprint density at radius 1 is 1.30 bits per heavy atom. The molecule has 5 N–H and O–H groups in total. The van der Waals surface area contributed by atoms with Gasteiger partial charge in [-0.3, -0.25) is 20.0 Å². The molecule has 8 heteroatoms. The number of primary amides is 1. The van der Waals surface area contributed by atoms with Crippen molar-refractivity contribution < 1.29 is 9.59 Å². The van der Waals surface area contributed by atoms with Crippen molar-refractivity contribution in [3.8, 4) is 0 Å². The van der Waals surface area contributed by atoms with Gasteiger partial charge >= 0.3 is 6.03 Å². The number of nitrogens with two attached hydrogens (primary N) is 2. The molecule has 3 amide bonds. The van der Waals surface area contributed by atoms with E-state index in [1.165, 1.54) is 0 Å². The van der Waals surface area contributed by atoms with Crippen molar-refractivity contribution >= 4 is 23.3 Å². The lowest BCUT2D eigenvalue weighted by Crippen LogP contribution is -2.50. The van der Waals surface area contributed by atoms with Gasteiger partial charge in [-0.05, 0) is 6.07 Å². The van der Waals surface area contributed by atoms with Crippen molar-refractivity contribution in [3.05, 3.63) is 18.5 Å². The number of urea groups is 1. The molecular formula is C12H18N6O2. The highest BCUT2D eigenvalue weighted by Gasteiger charge is 2.20. The number of aromatic nitrogens is 1. The summed E-state index contributed by atoms with van der Waals surface area (Å²) in [5.41, 5.74) is 12.4. The zero-order valence-corrected chi connectivity index (χ0v) is 11.1.